The molecule has 10 nitrogen and oxygen atoms in total. The number of aliphatic hydroxyl groups excluding tert-OH is 1. The van der Waals surface area contributed by atoms with Crippen molar-refractivity contribution in [2.45, 2.75) is 38.0 Å². The molecule has 21 heavy (non-hydrogen) atoms. The van der Waals surface area contributed by atoms with Crippen LogP contribution in [0.4, 0.5) is 0 Å². The first-order chi connectivity index (χ1) is 9.65. The van der Waals surface area contributed by atoms with Crippen LogP contribution in [0.25, 0.3) is 0 Å². The summed E-state index contributed by atoms with van der Waals surface area (Å²) >= 11 is 0. The van der Waals surface area contributed by atoms with Gasteiger partial charge in [0.05, 0.1) is 12.1 Å². The zero-order valence-corrected chi connectivity index (χ0v) is 11.5. The number of carboxylic acids is 1. The van der Waals surface area contributed by atoms with Crippen molar-refractivity contribution in [3.63, 3.8) is 0 Å². The van der Waals surface area contributed by atoms with E-state index in [2.05, 4.69) is 5.32 Å². The van der Waals surface area contributed by atoms with Gasteiger partial charge in [0, 0.05) is 6.42 Å². The van der Waals surface area contributed by atoms with Crippen LogP contribution in [0, 0.1) is 0 Å². The van der Waals surface area contributed by atoms with Crippen molar-refractivity contribution in [1.82, 2.24) is 10.6 Å². The summed E-state index contributed by atoms with van der Waals surface area (Å²) in [5.41, 5.74) is 10.4. The number of amides is 3. The molecule has 120 valence electrons. The molecular formula is C11H20N4O6. The second-order valence-corrected chi connectivity index (χ2v) is 4.45. The van der Waals surface area contributed by atoms with Crippen LogP contribution >= 0.6 is 0 Å². The highest BCUT2D eigenvalue weighted by atomic mass is 16.4. The molecule has 0 aliphatic carbocycles. The minimum absolute atomic E-state index is 0.00948. The van der Waals surface area contributed by atoms with Crippen molar-refractivity contribution in [1.29, 1.82) is 0 Å². The van der Waals surface area contributed by atoms with Crippen LogP contribution in [0.1, 0.15) is 19.8 Å². The quantitative estimate of drug-likeness (QED) is 0.257. The lowest BCUT2D eigenvalue weighted by Crippen LogP contribution is -2.56. The fraction of sp³-hybridized carbons (Fsp3) is 0.636. The molecule has 0 aliphatic heterocycles. The standard InChI is InChI=1S/C11H20N4O6/c1-5(16)9(11(21)14-4-8(18)19)15-10(20)6(12)2-3-7(13)17/h5-6,9,16H,2-4,12H2,1H3,(H2,13,17)(H,14,21)(H,15,20)(H,18,19)/t5-,6+,9+/m1/s1. The largest absolute Gasteiger partial charge is 0.480 e. The van der Waals surface area contributed by atoms with Gasteiger partial charge in [-0.2, -0.15) is 0 Å². The van der Waals surface area contributed by atoms with E-state index in [1.165, 1.54) is 6.92 Å². The highest BCUT2D eigenvalue weighted by Gasteiger charge is 2.27. The Morgan fingerprint density at radius 3 is 2.19 bits per heavy atom. The van der Waals surface area contributed by atoms with E-state index in [1.807, 2.05) is 5.32 Å². The second-order valence-electron chi connectivity index (χ2n) is 4.45. The molecule has 0 rings (SSSR count). The van der Waals surface area contributed by atoms with Crippen LogP contribution in [0.3, 0.4) is 0 Å². The molecule has 0 aromatic carbocycles. The first-order valence-corrected chi connectivity index (χ1v) is 6.17. The van der Waals surface area contributed by atoms with Gasteiger partial charge in [-0.3, -0.25) is 19.2 Å². The SMILES string of the molecule is C[C@@H](O)[C@H](NC(=O)[C@@H](N)CCC(N)=O)C(=O)NCC(=O)O. The summed E-state index contributed by atoms with van der Waals surface area (Å²) in [5, 5.41) is 22.1. The molecule has 0 aliphatic rings. The van der Waals surface area contributed by atoms with E-state index in [4.69, 9.17) is 16.6 Å². The maximum atomic E-state index is 11.7. The van der Waals surface area contributed by atoms with Crippen LogP contribution in [0.2, 0.25) is 0 Å². The molecule has 0 heterocycles. The number of nitrogens with one attached hydrogen (secondary N) is 2. The van der Waals surface area contributed by atoms with Gasteiger partial charge < -0.3 is 32.3 Å². The first-order valence-electron chi connectivity index (χ1n) is 6.17. The number of aliphatic carboxylic acids is 1. The molecule has 0 saturated carbocycles. The maximum Gasteiger partial charge on any atom is 0.322 e. The number of carbonyl (C=O) groups is 4. The first kappa shape index (κ1) is 18.8. The molecule has 8 N–H and O–H groups in total. The molecule has 0 aromatic heterocycles. The van der Waals surface area contributed by atoms with Gasteiger partial charge in [0.25, 0.3) is 0 Å². The summed E-state index contributed by atoms with van der Waals surface area (Å²) in [6, 6.07) is -2.43. The van der Waals surface area contributed by atoms with Crippen molar-refractivity contribution in [3.8, 4) is 0 Å². The van der Waals surface area contributed by atoms with Crippen LogP contribution in [-0.2, 0) is 19.2 Å². The fourth-order valence-corrected chi connectivity index (χ4v) is 1.37. The number of primary amides is 1. The minimum atomic E-state index is -1.35. The fourth-order valence-electron chi connectivity index (χ4n) is 1.37. The van der Waals surface area contributed by atoms with Gasteiger partial charge >= 0.3 is 5.97 Å². The lowest BCUT2D eigenvalue weighted by atomic mass is 10.1. The molecule has 0 aromatic rings. The van der Waals surface area contributed by atoms with Crippen molar-refractivity contribution in [2.75, 3.05) is 6.54 Å². The second kappa shape index (κ2) is 8.87. The molecule has 0 fully saturated rings. The zero-order chi connectivity index (χ0) is 16.6. The summed E-state index contributed by atoms with van der Waals surface area (Å²) in [6.45, 7) is 0.603. The average molecular weight is 304 g/mol. The molecular weight excluding hydrogens is 284 g/mol. The van der Waals surface area contributed by atoms with Crippen LogP contribution < -0.4 is 22.1 Å². The Morgan fingerprint density at radius 1 is 1.19 bits per heavy atom. The predicted molar refractivity (Wildman–Crippen MR) is 70.7 cm³/mol. The van der Waals surface area contributed by atoms with Crippen LogP contribution in [-0.4, -0.2) is 58.6 Å². The number of carbonyl (C=O) groups excluding carboxylic acids is 3. The molecule has 0 radical (unpaired) electrons. The molecule has 10 heteroatoms. The topological polar surface area (TPSA) is 185 Å². The van der Waals surface area contributed by atoms with Crippen LogP contribution in [0.15, 0.2) is 0 Å². The number of hydrogen-bond donors (Lipinski definition) is 6. The third-order valence-corrected chi connectivity index (χ3v) is 2.51. The van der Waals surface area contributed by atoms with E-state index in [9.17, 15) is 24.3 Å². The van der Waals surface area contributed by atoms with Crippen molar-refractivity contribution in [3.05, 3.63) is 0 Å². The molecule has 3 amide bonds. The Kier molecular flexibility index (Phi) is 7.94. The normalized spacial score (nSPS) is 14.6. The van der Waals surface area contributed by atoms with Gasteiger partial charge in [0.1, 0.15) is 12.6 Å². The summed E-state index contributed by atoms with van der Waals surface area (Å²) in [7, 11) is 0. The van der Waals surface area contributed by atoms with Gasteiger partial charge in [-0.05, 0) is 13.3 Å². The maximum absolute atomic E-state index is 11.7. The minimum Gasteiger partial charge on any atom is -0.480 e. The lowest BCUT2D eigenvalue weighted by Gasteiger charge is -2.22. The van der Waals surface area contributed by atoms with E-state index < -0.39 is 48.4 Å². The summed E-state index contributed by atoms with van der Waals surface area (Å²) < 4.78 is 0. The Labute approximate surface area is 120 Å². The van der Waals surface area contributed by atoms with Crippen molar-refractivity contribution < 1.29 is 29.4 Å². The van der Waals surface area contributed by atoms with Crippen molar-refractivity contribution >= 4 is 23.7 Å². The lowest BCUT2D eigenvalue weighted by molar-refractivity contribution is -0.139. The predicted octanol–water partition coefficient (Wildman–Crippen LogP) is -3.35. The summed E-state index contributed by atoms with van der Waals surface area (Å²) in [5.74, 6) is -3.50. The monoisotopic (exact) mass is 304 g/mol. The number of rotatable bonds is 9. The van der Waals surface area contributed by atoms with E-state index >= 15 is 0 Å². The van der Waals surface area contributed by atoms with Crippen LogP contribution in [0.5, 0.6) is 0 Å². The molecule has 0 saturated heterocycles. The number of nitrogens with two attached hydrogens (primary N) is 2. The van der Waals surface area contributed by atoms with Gasteiger partial charge in [-0.15, -0.1) is 0 Å². The van der Waals surface area contributed by atoms with Gasteiger partial charge in [0.15, 0.2) is 0 Å². The highest BCUT2D eigenvalue weighted by Crippen LogP contribution is 1.98. The molecule has 0 bridgehead atoms. The van der Waals surface area contributed by atoms with E-state index in [0.29, 0.717) is 0 Å². The molecule has 0 unspecified atom stereocenters. The Balaban J connectivity index is 4.55. The van der Waals surface area contributed by atoms with Gasteiger partial charge in [0.2, 0.25) is 17.7 Å². The molecule has 3 atom stereocenters. The van der Waals surface area contributed by atoms with E-state index in [1.54, 1.807) is 0 Å². The third-order valence-electron chi connectivity index (χ3n) is 2.51. The van der Waals surface area contributed by atoms with E-state index in [0.717, 1.165) is 0 Å². The molecule has 0 spiro atoms. The zero-order valence-electron chi connectivity index (χ0n) is 11.5. The Morgan fingerprint density at radius 2 is 1.76 bits per heavy atom. The van der Waals surface area contributed by atoms with Gasteiger partial charge in [-0.1, -0.05) is 0 Å². The van der Waals surface area contributed by atoms with Gasteiger partial charge in [-0.25, -0.2) is 0 Å². The Hall–Kier alpha value is -2.20. The number of aliphatic hydroxyl groups is 1. The van der Waals surface area contributed by atoms with Crippen molar-refractivity contribution in [2.24, 2.45) is 11.5 Å². The number of hydrogen-bond acceptors (Lipinski definition) is 6. The highest BCUT2D eigenvalue weighted by molar-refractivity contribution is 5.91. The smallest absolute Gasteiger partial charge is 0.322 e. The number of carboxylic acid groups (broad SMARTS) is 1. The average Bonchev–Trinajstić information content (AvgIpc) is 2.38. The Bertz CT molecular complexity index is 412. The van der Waals surface area contributed by atoms with E-state index in [-0.39, 0.29) is 12.8 Å². The summed E-state index contributed by atoms with van der Waals surface area (Å²) in [6.07, 6.45) is -1.37. The summed E-state index contributed by atoms with van der Waals surface area (Å²) in [4.78, 5) is 44.3. The third kappa shape index (κ3) is 7.84.